The average molecular weight is 374 g/mol. The van der Waals surface area contributed by atoms with Gasteiger partial charge in [0.1, 0.15) is 5.54 Å². The maximum absolute atomic E-state index is 13.0. The van der Waals surface area contributed by atoms with Gasteiger partial charge >= 0.3 is 0 Å². The van der Waals surface area contributed by atoms with Crippen molar-refractivity contribution in [3.63, 3.8) is 0 Å². The van der Waals surface area contributed by atoms with Crippen LogP contribution in [-0.4, -0.2) is 30.2 Å². The summed E-state index contributed by atoms with van der Waals surface area (Å²) in [4.78, 5) is 18.0. The summed E-state index contributed by atoms with van der Waals surface area (Å²) in [6.07, 6.45) is 1.31. The van der Waals surface area contributed by atoms with Crippen molar-refractivity contribution in [2.24, 2.45) is 4.99 Å². The highest BCUT2D eigenvalue weighted by molar-refractivity contribution is 6.38. The van der Waals surface area contributed by atoms with Gasteiger partial charge in [-0.05, 0) is 50.2 Å². The van der Waals surface area contributed by atoms with Crippen molar-refractivity contribution in [2.45, 2.75) is 18.4 Å². The Kier molecular flexibility index (Phi) is 4.28. The smallest absolute Gasteiger partial charge is 0.252 e. The molecule has 0 aromatic heterocycles. The first-order chi connectivity index (χ1) is 12.1. The van der Waals surface area contributed by atoms with E-state index in [1.54, 1.807) is 12.1 Å². The fraction of sp³-hybridized carbons (Fsp3) is 0.263. The van der Waals surface area contributed by atoms with Crippen LogP contribution < -0.4 is 10.6 Å². The molecule has 0 radical (unpaired) electrons. The second-order valence-corrected chi connectivity index (χ2v) is 7.21. The number of hydrogen-bond acceptors (Lipinski definition) is 3. The highest BCUT2D eigenvalue weighted by Crippen LogP contribution is 2.35. The first-order valence-corrected chi connectivity index (χ1v) is 9.01. The molecule has 2 aromatic rings. The Morgan fingerprint density at radius 2 is 1.76 bits per heavy atom. The van der Waals surface area contributed by atoms with Gasteiger partial charge in [-0.1, -0.05) is 41.4 Å². The van der Waals surface area contributed by atoms with Gasteiger partial charge in [-0.15, -0.1) is 0 Å². The molecule has 2 aliphatic heterocycles. The summed E-state index contributed by atoms with van der Waals surface area (Å²) in [7, 11) is 0. The minimum absolute atomic E-state index is 0.0541. The summed E-state index contributed by atoms with van der Waals surface area (Å²) < 4.78 is 0. The van der Waals surface area contributed by atoms with Crippen LogP contribution in [0.25, 0.3) is 0 Å². The molecule has 0 aliphatic carbocycles. The number of rotatable bonds is 1. The molecule has 0 unspecified atom stereocenters. The summed E-state index contributed by atoms with van der Waals surface area (Å²) in [5.74, 6) is -0.0541. The molecular weight excluding hydrogens is 357 g/mol. The lowest BCUT2D eigenvalue weighted by Gasteiger charge is -2.32. The average Bonchev–Trinajstić information content (AvgIpc) is 2.72. The van der Waals surface area contributed by atoms with Gasteiger partial charge in [-0.25, -0.2) is 0 Å². The number of fused-ring (bicyclic) bond motifs is 1. The van der Waals surface area contributed by atoms with Crippen molar-refractivity contribution >= 4 is 40.5 Å². The van der Waals surface area contributed by atoms with Crippen LogP contribution in [0.3, 0.4) is 0 Å². The number of piperidine rings is 1. The topological polar surface area (TPSA) is 53.5 Å². The summed E-state index contributed by atoms with van der Waals surface area (Å²) in [5.41, 5.74) is 2.37. The van der Waals surface area contributed by atoms with Crippen LogP contribution in [0.2, 0.25) is 10.0 Å². The Balaban J connectivity index is 1.95. The Labute approximate surface area is 156 Å². The Hall–Kier alpha value is -1.88. The molecule has 0 atom stereocenters. The number of halogens is 2. The van der Waals surface area contributed by atoms with E-state index in [1.165, 1.54) is 0 Å². The lowest BCUT2D eigenvalue weighted by atomic mass is 9.87. The molecule has 1 saturated heterocycles. The molecule has 0 saturated carbocycles. The van der Waals surface area contributed by atoms with Gasteiger partial charge < -0.3 is 10.6 Å². The van der Waals surface area contributed by atoms with E-state index in [0.29, 0.717) is 22.9 Å². The molecule has 25 heavy (non-hydrogen) atoms. The van der Waals surface area contributed by atoms with Gasteiger partial charge in [-0.2, -0.15) is 0 Å². The predicted molar refractivity (Wildman–Crippen MR) is 102 cm³/mol. The maximum Gasteiger partial charge on any atom is 0.252 e. The Morgan fingerprint density at radius 1 is 1.00 bits per heavy atom. The normalized spacial score (nSPS) is 19.0. The third-order valence-corrected chi connectivity index (χ3v) is 5.34. The molecule has 2 heterocycles. The summed E-state index contributed by atoms with van der Waals surface area (Å²) >= 11 is 12.5. The van der Waals surface area contributed by atoms with Crippen LogP contribution in [0.4, 0.5) is 5.69 Å². The van der Waals surface area contributed by atoms with E-state index in [0.717, 1.165) is 35.6 Å². The number of aliphatic imine (C=N–C) groups is 1. The van der Waals surface area contributed by atoms with Crippen LogP contribution in [0.5, 0.6) is 0 Å². The molecule has 4 nitrogen and oxygen atoms in total. The Morgan fingerprint density at radius 3 is 2.52 bits per heavy atom. The van der Waals surface area contributed by atoms with Crippen molar-refractivity contribution in [3.05, 3.63) is 63.6 Å². The molecule has 6 heteroatoms. The third kappa shape index (κ3) is 2.95. The van der Waals surface area contributed by atoms with Crippen LogP contribution >= 0.6 is 23.2 Å². The first kappa shape index (κ1) is 16.6. The lowest BCUT2D eigenvalue weighted by Crippen LogP contribution is -2.49. The van der Waals surface area contributed by atoms with Gasteiger partial charge in [0.05, 0.1) is 16.4 Å². The third-order valence-electron chi connectivity index (χ3n) is 4.80. The van der Waals surface area contributed by atoms with Crippen molar-refractivity contribution in [1.29, 1.82) is 0 Å². The maximum atomic E-state index is 13.0. The largest absolute Gasteiger partial charge is 0.323 e. The van der Waals surface area contributed by atoms with Gasteiger partial charge in [0.25, 0.3) is 5.91 Å². The second kappa shape index (κ2) is 6.45. The molecule has 2 N–H and O–H groups in total. The van der Waals surface area contributed by atoms with E-state index in [-0.39, 0.29) is 5.91 Å². The Bertz CT molecular complexity index is 873. The van der Waals surface area contributed by atoms with E-state index >= 15 is 0 Å². The molecule has 1 spiro atoms. The minimum Gasteiger partial charge on any atom is -0.323 e. The van der Waals surface area contributed by atoms with Gasteiger partial charge in [0.15, 0.2) is 0 Å². The van der Waals surface area contributed by atoms with E-state index in [1.807, 2.05) is 30.3 Å². The number of nitrogens with zero attached hydrogens (tertiary/aromatic N) is 1. The van der Waals surface area contributed by atoms with Crippen LogP contribution in [0.1, 0.15) is 24.0 Å². The monoisotopic (exact) mass is 373 g/mol. The molecule has 2 aliphatic rings. The molecule has 4 rings (SSSR count). The van der Waals surface area contributed by atoms with Crippen LogP contribution in [-0.2, 0) is 4.79 Å². The molecule has 128 valence electrons. The number of para-hydroxylation sites is 1. The zero-order chi connectivity index (χ0) is 17.4. The molecule has 0 bridgehead atoms. The van der Waals surface area contributed by atoms with Crippen molar-refractivity contribution in [1.82, 2.24) is 5.32 Å². The minimum atomic E-state index is -0.775. The number of carbonyl (C=O) groups is 1. The van der Waals surface area contributed by atoms with Crippen molar-refractivity contribution in [3.8, 4) is 0 Å². The van der Waals surface area contributed by atoms with Crippen LogP contribution in [0.15, 0.2) is 47.5 Å². The molecule has 1 amide bonds. The highest BCUT2D eigenvalue weighted by atomic mass is 35.5. The predicted octanol–water partition coefficient (Wildman–Crippen LogP) is 3.91. The zero-order valence-corrected chi connectivity index (χ0v) is 15.0. The fourth-order valence-electron chi connectivity index (χ4n) is 3.43. The second-order valence-electron chi connectivity index (χ2n) is 6.37. The van der Waals surface area contributed by atoms with Crippen molar-refractivity contribution < 1.29 is 4.79 Å². The molecule has 2 aromatic carbocycles. The van der Waals surface area contributed by atoms with Gasteiger partial charge in [0, 0.05) is 16.1 Å². The number of anilines is 1. The van der Waals surface area contributed by atoms with Gasteiger partial charge in [0.2, 0.25) is 0 Å². The number of benzene rings is 2. The molecule has 1 fully saturated rings. The standard InChI is InChI=1S/C19H17Cl2N3O/c20-12-5-6-13(15(21)11-12)17-14-3-1-2-4-16(14)23-18(25)19(24-17)7-9-22-10-8-19/h1-6,11,22H,7-10H2,(H,23,25). The number of nitrogens with one attached hydrogen (secondary N) is 2. The quantitative estimate of drug-likeness (QED) is 0.796. The summed E-state index contributed by atoms with van der Waals surface area (Å²) in [6.45, 7) is 1.52. The lowest BCUT2D eigenvalue weighted by molar-refractivity contribution is -0.121. The van der Waals surface area contributed by atoms with E-state index < -0.39 is 5.54 Å². The number of amides is 1. The van der Waals surface area contributed by atoms with Crippen molar-refractivity contribution in [2.75, 3.05) is 18.4 Å². The SMILES string of the molecule is O=C1Nc2ccccc2C(c2ccc(Cl)cc2Cl)=NC12CCNCC2. The number of carbonyl (C=O) groups excluding carboxylic acids is 1. The molecular formula is C19H17Cl2N3O. The summed E-state index contributed by atoms with van der Waals surface area (Å²) in [5, 5.41) is 7.46. The first-order valence-electron chi connectivity index (χ1n) is 8.26. The number of hydrogen-bond donors (Lipinski definition) is 2. The summed E-state index contributed by atoms with van der Waals surface area (Å²) in [6, 6.07) is 13.1. The fourth-order valence-corrected chi connectivity index (χ4v) is 3.93. The zero-order valence-electron chi connectivity index (χ0n) is 13.5. The van der Waals surface area contributed by atoms with E-state index in [9.17, 15) is 4.79 Å². The van der Waals surface area contributed by atoms with Crippen LogP contribution in [0, 0.1) is 0 Å². The van der Waals surface area contributed by atoms with E-state index in [4.69, 9.17) is 28.2 Å². The van der Waals surface area contributed by atoms with Gasteiger partial charge in [-0.3, -0.25) is 9.79 Å². The highest BCUT2D eigenvalue weighted by Gasteiger charge is 2.42. The van der Waals surface area contributed by atoms with E-state index in [2.05, 4.69) is 10.6 Å².